The molecular formula is C9H17NO6S2. The van der Waals surface area contributed by atoms with Crippen LogP contribution in [0.1, 0.15) is 19.3 Å². The third kappa shape index (κ3) is 4.54. The third-order valence-corrected chi connectivity index (χ3v) is 5.92. The molecule has 0 aromatic carbocycles. The number of carboxylic acids is 1. The molecule has 0 saturated carbocycles. The van der Waals surface area contributed by atoms with Crippen molar-refractivity contribution in [2.24, 2.45) is 0 Å². The number of aliphatic carboxylic acids is 1. The summed E-state index contributed by atoms with van der Waals surface area (Å²) in [6, 6.07) is -0.549. The Morgan fingerprint density at radius 1 is 1.28 bits per heavy atom. The standard InChI is InChI=1S/C9H17NO6S2/c1-17(13,14)5-6-18(15,16)10-4-2-3-8(10)7-9(11)12/h8H,2-7H2,1H3,(H,11,12). The van der Waals surface area contributed by atoms with Crippen molar-refractivity contribution in [2.45, 2.75) is 25.3 Å². The maximum absolute atomic E-state index is 11.9. The van der Waals surface area contributed by atoms with Crippen molar-refractivity contribution in [3.05, 3.63) is 0 Å². The molecule has 1 rings (SSSR count). The van der Waals surface area contributed by atoms with Gasteiger partial charge in [-0.15, -0.1) is 0 Å². The number of carbonyl (C=O) groups is 1. The van der Waals surface area contributed by atoms with E-state index >= 15 is 0 Å². The molecule has 0 aliphatic carbocycles. The maximum atomic E-state index is 11.9. The molecule has 1 aliphatic heterocycles. The van der Waals surface area contributed by atoms with Crippen molar-refractivity contribution in [1.82, 2.24) is 4.31 Å². The quantitative estimate of drug-likeness (QED) is 0.694. The largest absolute Gasteiger partial charge is 0.481 e. The van der Waals surface area contributed by atoms with Crippen LogP contribution >= 0.6 is 0 Å². The van der Waals surface area contributed by atoms with Gasteiger partial charge in [-0.3, -0.25) is 4.79 Å². The van der Waals surface area contributed by atoms with Crippen LogP contribution in [0.3, 0.4) is 0 Å². The number of hydrogen-bond acceptors (Lipinski definition) is 5. The molecule has 0 amide bonds. The summed E-state index contributed by atoms with van der Waals surface area (Å²) in [5.74, 6) is -1.97. The van der Waals surface area contributed by atoms with Crippen LogP contribution < -0.4 is 0 Å². The molecule has 7 nitrogen and oxygen atoms in total. The van der Waals surface area contributed by atoms with Gasteiger partial charge in [0.15, 0.2) is 0 Å². The van der Waals surface area contributed by atoms with Crippen LogP contribution in [0.25, 0.3) is 0 Å². The molecule has 18 heavy (non-hydrogen) atoms. The highest BCUT2D eigenvalue weighted by molar-refractivity contribution is 7.93. The number of carboxylic acid groups (broad SMARTS) is 1. The summed E-state index contributed by atoms with van der Waals surface area (Å²) in [4.78, 5) is 10.6. The molecule has 106 valence electrons. The zero-order chi connectivity index (χ0) is 14.0. The number of nitrogens with zero attached hydrogens (tertiary/aromatic N) is 1. The van der Waals surface area contributed by atoms with Gasteiger partial charge in [0, 0.05) is 18.8 Å². The number of sulfonamides is 1. The number of rotatable bonds is 6. The minimum atomic E-state index is -3.70. The average Bonchev–Trinajstić information content (AvgIpc) is 2.61. The van der Waals surface area contributed by atoms with E-state index in [9.17, 15) is 21.6 Å². The Hall–Kier alpha value is -0.670. The first kappa shape index (κ1) is 15.4. The van der Waals surface area contributed by atoms with Gasteiger partial charge in [-0.05, 0) is 12.8 Å². The maximum Gasteiger partial charge on any atom is 0.304 e. The van der Waals surface area contributed by atoms with E-state index in [1.54, 1.807) is 0 Å². The summed E-state index contributed by atoms with van der Waals surface area (Å²) in [6.07, 6.45) is 1.85. The van der Waals surface area contributed by atoms with Crippen molar-refractivity contribution in [3.8, 4) is 0 Å². The van der Waals surface area contributed by atoms with Gasteiger partial charge >= 0.3 is 5.97 Å². The SMILES string of the molecule is CS(=O)(=O)CCS(=O)(=O)N1CCCC1CC(=O)O. The number of sulfone groups is 1. The van der Waals surface area contributed by atoms with Crippen LogP contribution in [-0.2, 0) is 24.7 Å². The Kier molecular flexibility index (Phi) is 4.73. The van der Waals surface area contributed by atoms with E-state index in [4.69, 9.17) is 5.11 Å². The summed E-state index contributed by atoms with van der Waals surface area (Å²) >= 11 is 0. The van der Waals surface area contributed by atoms with E-state index in [1.807, 2.05) is 0 Å². The van der Waals surface area contributed by atoms with Crippen molar-refractivity contribution in [1.29, 1.82) is 0 Å². The predicted molar refractivity (Wildman–Crippen MR) is 65.5 cm³/mol. The number of hydrogen-bond donors (Lipinski definition) is 1. The fourth-order valence-corrected chi connectivity index (χ4v) is 5.28. The predicted octanol–water partition coefficient (Wildman–Crippen LogP) is -0.700. The Labute approximate surface area is 107 Å². The molecule has 1 fully saturated rings. The molecular weight excluding hydrogens is 282 g/mol. The Morgan fingerprint density at radius 3 is 2.39 bits per heavy atom. The lowest BCUT2D eigenvalue weighted by Gasteiger charge is -2.22. The minimum Gasteiger partial charge on any atom is -0.481 e. The molecule has 1 heterocycles. The normalized spacial score (nSPS) is 22.2. The first-order valence-corrected chi connectivity index (χ1v) is 9.18. The molecule has 1 N–H and O–H groups in total. The van der Waals surface area contributed by atoms with E-state index in [0.29, 0.717) is 12.8 Å². The lowest BCUT2D eigenvalue weighted by atomic mass is 10.2. The molecule has 1 unspecified atom stereocenters. The Morgan fingerprint density at radius 2 is 1.89 bits per heavy atom. The summed E-state index contributed by atoms with van der Waals surface area (Å²) < 4.78 is 47.0. The molecule has 1 aliphatic rings. The molecule has 1 atom stereocenters. The monoisotopic (exact) mass is 299 g/mol. The first-order valence-electron chi connectivity index (χ1n) is 5.51. The summed E-state index contributed by atoms with van der Waals surface area (Å²) in [6.45, 7) is 0.268. The zero-order valence-corrected chi connectivity index (χ0v) is 11.7. The highest BCUT2D eigenvalue weighted by Gasteiger charge is 2.35. The van der Waals surface area contributed by atoms with Crippen LogP contribution in [-0.4, -0.2) is 62.6 Å². The zero-order valence-electron chi connectivity index (χ0n) is 10.1. The van der Waals surface area contributed by atoms with E-state index in [0.717, 1.165) is 10.6 Å². The fourth-order valence-electron chi connectivity index (χ4n) is 1.95. The summed E-state index contributed by atoms with van der Waals surface area (Å²) in [5, 5.41) is 8.70. The second-order valence-corrected chi connectivity index (χ2v) is 8.75. The van der Waals surface area contributed by atoms with E-state index in [1.165, 1.54) is 0 Å². The smallest absolute Gasteiger partial charge is 0.304 e. The van der Waals surface area contributed by atoms with Gasteiger partial charge in [0.2, 0.25) is 10.0 Å². The van der Waals surface area contributed by atoms with Crippen LogP contribution in [0.2, 0.25) is 0 Å². The van der Waals surface area contributed by atoms with Gasteiger partial charge in [0.25, 0.3) is 0 Å². The molecule has 0 aromatic heterocycles. The van der Waals surface area contributed by atoms with Crippen molar-refractivity contribution in [2.75, 3.05) is 24.3 Å². The van der Waals surface area contributed by atoms with Gasteiger partial charge in [-0.1, -0.05) is 0 Å². The van der Waals surface area contributed by atoms with Crippen molar-refractivity contribution in [3.63, 3.8) is 0 Å². The van der Waals surface area contributed by atoms with Crippen LogP contribution in [0.15, 0.2) is 0 Å². The van der Waals surface area contributed by atoms with Crippen LogP contribution in [0.5, 0.6) is 0 Å². The first-order chi connectivity index (χ1) is 8.12. The summed E-state index contributed by atoms with van der Waals surface area (Å²) in [7, 11) is -7.05. The lowest BCUT2D eigenvalue weighted by Crippen LogP contribution is -2.39. The Balaban J connectivity index is 2.74. The highest BCUT2D eigenvalue weighted by atomic mass is 32.2. The Bertz CT molecular complexity index is 509. The highest BCUT2D eigenvalue weighted by Crippen LogP contribution is 2.23. The molecule has 0 spiro atoms. The summed E-state index contributed by atoms with van der Waals surface area (Å²) in [5.41, 5.74) is 0. The third-order valence-electron chi connectivity index (χ3n) is 2.80. The molecule has 0 bridgehead atoms. The second kappa shape index (κ2) is 5.54. The van der Waals surface area contributed by atoms with Gasteiger partial charge in [0.05, 0.1) is 17.9 Å². The molecule has 0 radical (unpaired) electrons. The minimum absolute atomic E-state index is 0.238. The fraction of sp³-hybridized carbons (Fsp3) is 0.889. The topological polar surface area (TPSA) is 109 Å². The van der Waals surface area contributed by atoms with Crippen LogP contribution in [0, 0.1) is 0 Å². The van der Waals surface area contributed by atoms with Gasteiger partial charge in [-0.2, -0.15) is 4.31 Å². The lowest BCUT2D eigenvalue weighted by molar-refractivity contribution is -0.137. The second-order valence-electron chi connectivity index (χ2n) is 4.45. The van der Waals surface area contributed by atoms with E-state index in [-0.39, 0.29) is 13.0 Å². The van der Waals surface area contributed by atoms with Gasteiger partial charge in [0.1, 0.15) is 9.84 Å². The molecule has 0 aromatic rings. The molecule has 1 saturated heterocycles. The van der Waals surface area contributed by atoms with Gasteiger partial charge in [-0.25, -0.2) is 16.8 Å². The average molecular weight is 299 g/mol. The van der Waals surface area contributed by atoms with Crippen LogP contribution in [0.4, 0.5) is 0 Å². The van der Waals surface area contributed by atoms with Crippen molar-refractivity contribution >= 4 is 25.8 Å². The van der Waals surface area contributed by atoms with E-state index < -0.39 is 43.4 Å². The van der Waals surface area contributed by atoms with Gasteiger partial charge < -0.3 is 5.11 Å². The van der Waals surface area contributed by atoms with E-state index in [2.05, 4.69) is 0 Å². The molecule has 9 heteroatoms. The van der Waals surface area contributed by atoms with Crippen molar-refractivity contribution < 1.29 is 26.7 Å².